The number of carbonyl (C=O) groups is 1. The Hall–Kier alpha value is -0.770. The second-order valence-corrected chi connectivity index (χ2v) is 1.99. The largest absolute Gasteiger partial charge is 0.385 e. The number of nitrogens with two attached hydrogens (primary N) is 1. The quantitative estimate of drug-likeness (QED) is 0.539. The number of amides is 2. The summed E-state index contributed by atoms with van der Waals surface area (Å²) in [7, 11) is 1.65. The molecule has 0 aromatic heterocycles. The van der Waals surface area contributed by atoms with Crippen LogP contribution in [0.4, 0.5) is 4.79 Å². The van der Waals surface area contributed by atoms with Gasteiger partial charge in [0, 0.05) is 20.3 Å². The van der Waals surface area contributed by atoms with E-state index in [0.29, 0.717) is 6.54 Å². The van der Waals surface area contributed by atoms with Crippen molar-refractivity contribution in [3.63, 3.8) is 0 Å². The number of carbonyl (C=O) groups excluding carboxylic acids is 1. The van der Waals surface area contributed by atoms with E-state index in [-0.39, 0.29) is 0 Å². The lowest BCUT2D eigenvalue weighted by molar-refractivity contribution is 0.192. The van der Waals surface area contributed by atoms with Crippen molar-refractivity contribution in [1.29, 1.82) is 0 Å². The third kappa shape index (κ3) is 7.23. The van der Waals surface area contributed by atoms with Crippen LogP contribution < -0.4 is 11.1 Å². The van der Waals surface area contributed by atoms with Gasteiger partial charge in [-0.25, -0.2) is 4.79 Å². The highest BCUT2D eigenvalue weighted by atomic mass is 16.5. The summed E-state index contributed by atoms with van der Waals surface area (Å²) in [6.45, 7) is 1.37. The molecule has 0 aromatic carbocycles. The monoisotopic (exact) mass is 146 g/mol. The molecule has 0 aliphatic heterocycles. The van der Waals surface area contributed by atoms with Gasteiger partial charge in [-0.05, 0) is 12.8 Å². The predicted octanol–water partition coefficient (Wildman–Crippen LogP) is 0.0813. The molecule has 2 amide bonds. The zero-order chi connectivity index (χ0) is 7.82. The standard InChI is InChI=1S/C6H14N2O2/c1-10-5-3-2-4-8-6(7)9/h2-5H2,1H3,(H3,7,8,9). The molecule has 0 saturated heterocycles. The summed E-state index contributed by atoms with van der Waals surface area (Å²) in [6.07, 6.45) is 1.87. The van der Waals surface area contributed by atoms with Crippen LogP contribution in [0.1, 0.15) is 12.8 Å². The number of nitrogens with one attached hydrogen (secondary N) is 1. The van der Waals surface area contributed by atoms with E-state index in [1.54, 1.807) is 7.11 Å². The van der Waals surface area contributed by atoms with Crippen molar-refractivity contribution in [2.75, 3.05) is 20.3 Å². The van der Waals surface area contributed by atoms with Gasteiger partial charge in [-0.1, -0.05) is 0 Å². The zero-order valence-corrected chi connectivity index (χ0v) is 6.22. The van der Waals surface area contributed by atoms with E-state index in [2.05, 4.69) is 5.32 Å². The van der Waals surface area contributed by atoms with E-state index in [1.807, 2.05) is 0 Å². The van der Waals surface area contributed by atoms with Crippen LogP contribution in [0.3, 0.4) is 0 Å². The second kappa shape index (κ2) is 6.35. The van der Waals surface area contributed by atoms with Crippen molar-refractivity contribution in [2.45, 2.75) is 12.8 Å². The molecule has 0 fully saturated rings. The molecule has 0 bridgehead atoms. The minimum Gasteiger partial charge on any atom is -0.385 e. The van der Waals surface area contributed by atoms with Gasteiger partial charge >= 0.3 is 6.03 Å². The van der Waals surface area contributed by atoms with Gasteiger partial charge in [0.25, 0.3) is 0 Å². The number of hydrogen-bond donors (Lipinski definition) is 2. The van der Waals surface area contributed by atoms with Gasteiger partial charge < -0.3 is 15.8 Å². The lowest BCUT2D eigenvalue weighted by Crippen LogP contribution is -2.30. The molecule has 0 rings (SSSR count). The maximum atomic E-state index is 10.1. The Bertz CT molecular complexity index is 95.7. The number of rotatable bonds is 5. The summed E-state index contributed by atoms with van der Waals surface area (Å²) in [5.74, 6) is 0. The average Bonchev–Trinajstić information content (AvgIpc) is 1.87. The molecule has 0 aromatic rings. The molecular weight excluding hydrogens is 132 g/mol. The van der Waals surface area contributed by atoms with Crippen LogP contribution in [-0.2, 0) is 4.74 Å². The minimum absolute atomic E-state index is 0.461. The summed E-state index contributed by atoms with van der Waals surface area (Å²) in [4.78, 5) is 10.1. The van der Waals surface area contributed by atoms with E-state index in [9.17, 15) is 4.79 Å². The first-order valence-electron chi connectivity index (χ1n) is 3.29. The average molecular weight is 146 g/mol. The Morgan fingerprint density at radius 2 is 2.30 bits per heavy atom. The molecule has 0 saturated carbocycles. The number of unbranched alkanes of at least 4 members (excludes halogenated alkanes) is 1. The molecule has 0 radical (unpaired) electrons. The fourth-order valence-electron chi connectivity index (χ4n) is 0.583. The Morgan fingerprint density at radius 3 is 2.80 bits per heavy atom. The maximum absolute atomic E-state index is 10.1. The molecular formula is C6H14N2O2. The highest BCUT2D eigenvalue weighted by Gasteiger charge is 1.89. The SMILES string of the molecule is COCCCCNC(N)=O. The number of methoxy groups -OCH3 is 1. The summed E-state index contributed by atoms with van der Waals surface area (Å²) in [6, 6.07) is -0.461. The van der Waals surface area contributed by atoms with Gasteiger partial charge in [0.15, 0.2) is 0 Å². The molecule has 0 heterocycles. The lowest BCUT2D eigenvalue weighted by atomic mass is 10.3. The van der Waals surface area contributed by atoms with E-state index in [0.717, 1.165) is 19.4 Å². The number of hydrogen-bond acceptors (Lipinski definition) is 2. The highest BCUT2D eigenvalue weighted by molar-refractivity contribution is 5.71. The van der Waals surface area contributed by atoms with Gasteiger partial charge in [0.05, 0.1) is 0 Å². The Balaban J connectivity index is 2.84. The normalized spacial score (nSPS) is 9.30. The van der Waals surface area contributed by atoms with E-state index < -0.39 is 6.03 Å². The first kappa shape index (κ1) is 9.23. The second-order valence-electron chi connectivity index (χ2n) is 1.99. The molecule has 0 aliphatic carbocycles. The molecule has 0 aliphatic rings. The molecule has 4 heteroatoms. The third-order valence-electron chi connectivity index (χ3n) is 1.07. The number of primary amides is 1. The van der Waals surface area contributed by atoms with Crippen molar-refractivity contribution in [3.05, 3.63) is 0 Å². The van der Waals surface area contributed by atoms with E-state index in [1.165, 1.54) is 0 Å². The van der Waals surface area contributed by atoms with Gasteiger partial charge in [0.1, 0.15) is 0 Å². The van der Waals surface area contributed by atoms with Gasteiger partial charge in [-0.15, -0.1) is 0 Å². The minimum atomic E-state index is -0.461. The van der Waals surface area contributed by atoms with Crippen molar-refractivity contribution in [2.24, 2.45) is 5.73 Å². The zero-order valence-electron chi connectivity index (χ0n) is 6.22. The molecule has 0 spiro atoms. The van der Waals surface area contributed by atoms with Crippen LogP contribution in [0.5, 0.6) is 0 Å². The van der Waals surface area contributed by atoms with Crippen LogP contribution in [-0.4, -0.2) is 26.3 Å². The van der Waals surface area contributed by atoms with Crippen LogP contribution in [0.15, 0.2) is 0 Å². The topological polar surface area (TPSA) is 64.3 Å². The van der Waals surface area contributed by atoms with E-state index >= 15 is 0 Å². The van der Waals surface area contributed by atoms with Crippen LogP contribution >= 0.6 is 0 Å². The highest BCUT2D eigenvalue weighted by Crippen LogP contribution is 1.85. The maximum Gasteiger partial charge on any atom is 0.312 e. The van der Waals surface area contributed by atoms with Gasteiger partial charge in [-0.3, -0.25) is 0 Å². The van der Waals surface area contributed by atoms with Gasteiger partial charge in [0.2, 0.25) is 0 Å². The van der Waals surface area contributed by atoms with E-state index in [4.69, 9.17) is 10.5 Å². The van der Waals surface area contributed by atoms with Gasteiger partial charge in [-0.2, -0.15) is 0 Å². The first-order valence-corrected chi connectivity index (χ1v) is 3.29. The molecule has 3 N–H and O–H groups in total. The Labute approximate surface area is 60.7 Å². The Morgan fingerprint density at radius 1 is 1.60 bits per heavy atom. The fraction of sp³-hybridized carbons (Fsp3) is 0.833. The third-order valence-corrected chi connectivity index (χ3v) is 1.07. The molecule has 0 unspecified atom stereocenters. The van der Waals surface area contributed by atoms with Crippen LogP contribution in [0, 0.1) is 0 Å². The van der Waals surface area contributed by atoms with Crippen molar-refractivity contribution in [3.8, 4) is 0 Å². The summed E-state index contributed by atoms with van der Waals surface area (Å²) < 4.78 is 4.80. The van der Waals surface area contributed by atoms with Crippen LogP contribution in [0.2, 0.25) is 0 Å². The lowest BCUT2D eigenvalue weighted by Gasteiger charge is -1.99. The van der Waals surface area contributed by atoms with Crippen LogP contribution in [0.25, 0.3) is 0 Å². The van der Waals surface area contributed by atoms with Crippen molar-refractivity contribution < 1.29 is 9.53 Å². The molecule has 4 nitrogen and oxygen atoms in total. The predicted molar refractivity (Wildman–Crippen MR) is 38.7 cm³/mol. The summed E-state index contributed by atoms with van der Waals surface area (Å²) >= 11 is 0. The number of urea groups is 1. The van der Waals surface area contributed by atoms with Crippen molar-refractivity contribution in [1.82, 2.24) is 5.32 Å². The molecule has 10 heavy (non-hydrogen) atoms. The summed E-state index contributed by atoms with van der Waals surface area (Å²) in [5.41, 5.74) is 4.83. The molecule has 0 atom stereocenters. The fourth-order valence-corrected chi connectivity index (χ4v) is 0.583. The Kier molecular flexibility index (Phi) is 5.86. The molecule has 60 valence electrons. The number of ether oxygens (including phenoxy) is 1. The van der Waals surface area contributed by atoms with Crippen molar-refractivity contribution >= 4 is 6.03 Å². The smallest absolute Gasteiger partial charge is 0.312 e. The summed E-state index contributed by atoms with van der Waals surface area (Å²) in [5, 5.41) is 2.49. The first-order chi connectivity index (χ1) is 4.77.